The van der Waals surface area contributed by atoms with Crippen LogP contribution in [0.25, 0.3) is 33.2 Å². The first-order valence-corrected chi connectivity index (χ1v) is 11.1. The van der Waals surface area contributed by atoms with Crippen molar-refractivity contribution < 1.29 is 0 Å². The number of hydrogen-bond acceptors (Lipinski definition) is 2. The van der Waals surface area contributed by atoms with Gasteiger partial charge in [0.25, 0.3) is 0 Å². The maximum absolute atomic E-state index is 5.02. The minimum atomic E-state index is 0.687. The van der Waals surface area contributed by atoms with Crippen LogP contribution in [0.3, 0.4) is 0 Å². The van der Waals surface area contributed by atoms with Crippen LogP contribution in [0.15, 0.2) is 114 Å². The summed E-state index contributed by atoms with van der Waals surface area (Å²) in [5.74, 6) is 0.897. The number of aliphatic imine (C=N–C) groups is 1. The molecule has 0 bridgehead atoms. The number of benzene rings is 3. The Morgan fingerprint density at radius 3 is 2.27 bits per heavy atom. The molecule has 0 fully saturated rings. The number of aromatic nitrogens is 2. The molecular formula is C30H25N3. The van der Waals surface area contributed by atoms with Gasteiger partial charge in [0.05, 0.1) is 23.3 Å². The molecule has 0 radical (unpaired) electrons. The van der Waals surface area contributed by atoms with Gasteiger partial charge in [-0.1, -0.05) is 84.9 Å². The van der Waals surface area contributed by atoms with Gasteiger partial charge >= 0.3 is 0 Å². The Kier molecular flexibility index (Phi) is 5.69. The Hall–Kier alpha value is -4.24. The summed E-state index contributed by atoms with van der Waals surface area (Å²) in [6, 6.07) is 37.6. The predicted molar refractivity (Wildman–Crippen MR) is 140 cm³/mol. The highest BCUT2D eigenvalue weighted by molar-refractivity contribution is 5.87. The van der Waals surface area contributed by atoms with Crippen LogP contribution >= 0.6 is 0 Å². The van der Waals surface area contributed by atoms with Crippen molar-refractivity contribution in [2.24, 2.45) is 4.99 Å². The van der Waals surface area contributed by atoms with Crippen molar-refractivity contribution in [3.63, 3.8) is 0 Å². The van der Waals surface area contributed by atoms with Crippen molar-refractivity contribution in [2.45, 2.75) is 13.5 Å². The second-order valence-corrected chi connectivity index (χ2v) is 8.04. The second kappa shape index (κ2) is 9.09. The SMILES string of the molecule is C=Nc1ccccc1-c1nc2ccccc2n1Cc1c(C)ccccccc2ccccc12. The van der Waals surface area contributed by atoms with Gasteiger partial charge in [-0.2, -0.15) is 0 Å². The molecule has 3 heteroatoms. The molecule has 0 spiro atoms. The molecule has 1 heterocycles. The summed E-state index contributed by atoms with van der Waals surface area (Å²) in [7, 11) is 0. The standard InChI is InChI=1S/C30H25N3/c1-22-13-5-3-4-6-14-23-15-7-8-16-24(23)26(22)21-33-29-20-12-11-19-28(29)32-30(33)25-17-9-10-18-27(25)31-2/h3-20H,2,21H2,1H3. The molecule has 33 heavy (non-hydrogen) atoms. The Morgan fingerprint density at radius 2 is 1.42 bits per heavy atom. The van der Waals surface area contributed by atoms with Gasteiger partial charge in [-0.25, -0.2) is 4.98 Å². The molecule has 0 N–H and O–H groups in total. The predicted octanol–water partition coefficient (Wildman–Crippen LogP) is 7.67. The molecule has 0 unspecified atom stereocenters. The van der Waals surface area contributed by atoms with E-state index in [1.807, 2.05) is 24.3 Å². The molecule has 5 aromatic rings. The van der Waals surface area contributed by atoms with Crippen LogP contribution in [-0.2, 0) is 6.54 Å². The number of hydrogen-bond donors (Lipinski definition) is 0. The summed E-state index contributed by atoms with van der Waals surface area (Å²) in [6.45, 7) is 6.65. The fourth-order valence-corrected chi connectivity index (χ4v) is 4.33. The lowest BCUT2D eigenvalue weighted by Crippen LogP contribution is -2.04. The third-order valence-electron chi connectivity index (χ3n) is 6.00. The first-order chi connectivity index (χ1) is 16.3. The summed E-state index contributed by atoms with van der Waals surface area (Å²) >= 11 is 0. The molecule has 5 rings (SSSR count). The zero-order valence-electron chi connectivity index (χ0n) is 18.6. The van der Waals surface area contributed by atoms with E-state index in [-0.39, 0.29) is 0 Å². The smallest absolute Gasteiger partial charge is 0.143 e. The van der Waals surface area contributed by atoms with Crippen molar-refractivity contribution >= 4 is 34.2 Å². The van der Waals surface area contributed by atoms with Gasteiger partial charge in [-0.05, 0) is 59.8 Å². The Bertz CT molecular complexity index is 1530. The third kappa shape index (κ3) is 4.01. The fraction of sp³-hybridized carbons (Fsp3) is 0.0667. The molecule has 0 aliphatic rings. The van der Waals surface area contributed by atoms with Gasteiger partial charge in [0.1, 0.15) is 5.82 Å². The first-order valence-electron chi connectivity index (χ1n) is 11.1. The zero-order chi connectivity index (χ0) is 22.6. The van der Waals surface area contributed by atoms with Crippen LogP contribution in [-0.4, -0.2) is 16.3 Å². The molecule has 160 valence electrons. The molecule has 0 amide bonds. The van der Waals surface area contributed by atoms with Gasteiger partial charge in [0.2, 0.25) is 0 Å². The van der Waals surface area contributed by atoms with Gasteiger partial charge in [0.15, 0.2) is 0 Å². The summed E-state index contributed by atoms with van der Waals surface area (Å²) < 4.78 is 2.30. The Morgan fingerprint density at radius 1 is 0.758 bits per heavy atom. The number of para-hydroxylation sites is 3. The summed E-state index contributed by atoms with van der Waals surface area (Å²) in [6.07, 6.45) is 0. The average Bonchev–Trinajstić information content (AvgIpc) is 3.22. The normalized spacial score (nSPS) is 10.8. The van der Waals surface area contributed by atoms with E-state index < -0.39 is 0 Å². The molecular weight excluding hydrogens is 402 g/mol. The van der Waals surface area contributed by atoms with E-state index in [0.717, 1.165) is 28.1 Å². The number of fused-ring (bicyclic) bond motifs is 2. The highest BCUT2D eigenvalue weighted by Gasteiger charge is 2.16. The van der Waals surface area contributed by atoms with E-state index in [9.17, 15) is 0 Å². The van der Waals surface area contributed by atoms with E-state index in [2.05, 4.69) is 108 Å². The summed E-state index contributed by atoms with van der Waals surface area (Å²) in [5.41, 5.74) is 6.36. The largest absolute Gasteiger partial charge is 0.319 e. The number of aryl methyl sites for hydroxylation is 1. The highest BCUT2D eigenvalue weighted by atomic mass is 15.1. The van der Waals surface area contributed by atoms with Crippen LogP contribution < -0.4 is 0 Å². The fourth-order valence-electron chi connectivity index (χ4n) is 4.33. The van der Waals surface area contributed by atoms with E-state index >= 15 is 0 Å². The molecule has 0 saturated carbocycles. The lowest BCUT2D eigenvalue weighted by Gasteiger charge is -2.14. The number of imidazole rings is 1. The van der Waals surface area contributed by atoms with E-state index in [1.54, 1.807) is 0 Å². The summed E-state index contributed by atoms with van der Waals surface area (Å²) in [4.78, 5) is 9.29. The number of nitrogens with zero attached hydrogens (tertiary/aromatic N) is 3. The maximum atomic E-state index is 5.02. The monoisotopic (exact) mass is 427 g/mol. The zero-order valence-corrected chi connectivity index (χ0v) is 18.6. The van der Waals surface area contributed by atoms with Crippen molar-refractivity contribution in [1.29, 1.82) is 0 Å². The van der Waals surface area contributed by atoms with Crippen molar-refractivity contribution in [3.05, 3.63) is 120 Å². The lowest BCUT2D eigenvalue weighted by atomic mass is 10.0. The van der Waals surface area contributed by atoms with Crippen LogP contribution in [0.4, 0.5) is 5.69 Å². The van der Waals surface area contributed by atoms with E-state index in [4.69, 9.17) is 4.98 Å². The molecule has 0 aliphatic carbocycles. The molecule has 3 nitrogen and oxygen atoms in total. The molecule has 0 saturated heterocycles. The second-order valence-electron chi connectivity index (χ2n) is 8.04. The van der Waals surface area contributed by atoms with Crippen molar-refractivity contribution in [1.82, 2.24) is 9.55 Å². The molecule has 1 aromatic heterocycles. The average molecular weight is 428 g/mol. The minimum Gasteiger partial charge on any atom is -0.319 e. The van der Waals surface area contributed by atoms with Crippen LogP contribution in [0.5, 0.6) is 0 Å². The van der Waals surface area contributed by atoms with Gasteiger partial charge in [-0.15, -0.1) is 0 Å². The number of rotatable bonds is 4. The van der Waals surface area contributed by atoms with Crippen LogP contribution in [0, 0.1) is 6.92 Å². The highest BCUT2D eigenvalue weighted by Crippen LogP contribution is 2.33. The summed E-state index contributed by atoms with van der Waals surface area (Å²) in [5, 5.41) is 2.43. The van der Waals surface area contributed by atoms with Crippen LogP contribution in [0.2, 0.25) is 0 Å². The third-order valence-corrected chi connectivity index (χ3v) is 6.00. The Balaban J connectivity index is 1.83. The first kappa shape index (κ1) is 20.7. The minimum absolute atomic E-state index is 0.687. The molecule has 4 aromatic carbocycles. The van der Waals surface area contributed by atoms with Gasteiger partial charge < -0.3 is 4.57 Å². The van der Waals surface area contributed by atoms with Gasteiger partial charge in [-0.3, -0.25) is 4.99 Å². The van der Waals surface area contributed by atoms with E-state index in [1.165, 1.54) is 21.9 Å². The van der Waals surface area contributed by atoms with E-state index in [0.29, 0.717) is 6.54 Å². The van der Waals surface area contributed by atoms with Crippen molar-refractivity contribution in [3.8, 4) is 11.4 Å². The topological polar surface area (TPSA) is 30.2 Å². The molecule has 0 aliphatic heterocycles. The Labute approximate surface area is 194 Å². The van der Waals surface area contributed by atoms with Crippen molar-refractivity contribution in [2.75, 3.05) is 0 Å². The lowest BCUT2D eigenvalue weighted by molar-refractivity contribution is 0.835. The quantitative estimate of drug-likeness (QED) is 0.271. The molecule has 0 atom stereocenters. The van der Waals surface area contributed by atoms with Crippen LogP contribution in [0.1, 0.15) is 11.1 Å². The maximum Gasteiger partial charge on any atom is 0.143 e. The van der Waals surface area contributed by atoms with Gasteiger partial charge in [0, 0.05) is 5.56 Å².